The molecule has 0 aromatic heterocycles. The van der Waals surface area contributed by atoms with Gasteiger partial charge in [-0.15, -0.1) is 0 Å². The van der Waals surface area contributed by atoms with E-state index in [0.717, 1.165) is 17.9 Å². The Morgan fingerprint density at radius 1 is 1.21 bits per heavy atom. The third-order valence-corrected chi connectivity index (χ3v) is 3.82. The molecule has 1 aliphatic carbocycles. The largest absolute Gasteiger partial charge is 0.494 e. The average Bonchev–Trinajstić information content (AvgIpc) is 2.35. The lowest BCUT2D eigenvalue weighted by atomic mass is 9.78. The molecule has 3 nitrogen and oxygen atoms in total. The van der Waals surface area contributed by atoms with Gasteiger partial charge < -0.3 is 15.2 Å². The quantitative estimate of drug-likeness (QED) is 0.907. The molecule has 1 aromatic rings. The summed E-state index contributed by atoms with van der Waals surface area (Å²) < 4.78 is 11.6. The fourth-order valence-electron chi connectivity index (χ4n) is 3.05. The fraction of sp³-hybridized carbons (Fsp3) is 0.625. The molecular formula is C16H25NO2. The molecular weight excluding hydrogens is 238 g/mol. The van der Waals surface area contributed by atoms with Crippen LogP contribution in [0.5, 0.6) is 11.5 Å². The first-order valence-corrected chi connectivity index (χ1v) is 7.25. The average molecular weight is 263 g/mol. The number of hydrogen-bond donors (Lipinski definition) is 1. The summed E-state index contributed by atoms with van der Waals surface area (Å²) >= 11 is 0. The van der Waals surface area contributed by atoms with E-state index in [1.54, 1.807) is 0 Å². The molecule has 0 spiro atoms. The highest BCUT2D eigenvalue weighted by Gasteiger charge is 2.33. The molecule has 0 amide bonds. The standard InChI is InChI=1S/C16H25NO2/c1-4-18-13-6-5-7-14(10-13)19-16-12(3)8-11(2)9-15(16)17/h5-7,10-12,15-16H,4,8-9,17H2,1-3H3. The second kappa shape index (κ2) is 6.29. The first-order valence-electron chi connectivity index (χ1n) is 7.25. The van der Waals surface area contributed by atoms with Crippen LogP contribution in [0.15, 0.2) is 24.3 Å². The number of rotatable bonds is 4. The molecule has 1 aliphatic rings. The predicted octanol–water partition coefficient (Wildman–Crippen LogP) is 3.23. The smallest absolute Gasteiger partial charge is 0.123 e. The fourth-order valence-corrected chi connectivity index (χ4v) is 3.05. The van der Waals surface area contributed by atoms with Gasteiger partial charge in [0, 0.05) is 12.1 Å². The SMILES string of the molecule is CCOc1cccc(OC2C(C)CC(C)CC2N)c1. The molecule has 1 fully saturated rings. The molecule has 3 heteroatoms. The zero-order valence-corrected chi connectivity index (χ0v) is 12.1. The van der Waals surface area contributed by atoms with Crippen molar-refractivity contribution in [3.05, 3.63) is 24.3 Å². The number of hydrogen-bond acceptors (Lipinski definition) is 3. The van der Waals surface area contributed by atoms with E-state index >= 15 is 0 Å². The van der Waals surface area contributed by atoms with Crippen LogP contribution in [0.2, 0.25) is 0 Å². The van der Waals surface area contributed by atoms with Gasteiger partial charge in [-0.1, -0.05) is 19.9 Å². The van der Waals surface area contributed by atoms with E-state index in [1.807, 2.05) is 31.2 Å². The number of benzene rings is 1. The minimum atomic E-state index is 0.105. The van der Waals surface area contributed by atoms with Crippen molar-refractivity contribution < 1.29 is 9.47 Å². The summed E-state index contributed by atoms with van der Waals surface area (Å²) in [5.74, 6) is 2.90. The molecule has 0 radical (unpaired) electrons. The van der Waals surface area contributed by atoms with Gasteiger partial charge in [-0.2, -0.15) is 0 Å². The van der Waals surface area contributed by atoms with Crippen LogP contribution in [0.25, 0.3) is 0 Å². The molecule has 0 heterocycles. The van der Waals surface area contributed by atoms with E-state index in [-0.39, 0.29) is 12.1 Å². The maximum atomic E-state index is 6.25. The van der Waals surface area contributed by atoms with Crippen molar-refractivity contribution in [1.82, 2.24) is 0 Å². The van der Waals surface area contributed by atoms with Gasteiger partial charge in [0.15, 0.2) is 0 Å². The maximum absolute atomic E-state index is 6.25. The Morgan fingerprint density at radius 2 is 1.95 bits per heavy atom. The maximum Gasteiger partial charge on any atom is 0.123 e. The van der Waals surface area contributed by atoms with Crippen molar-refractivity contribution in [3.8, 4) is 11.5 Å². The van der Waals surface area contributed by atoms with Crippen LogP contribution in [0.1, 0.15) is 33.6 Å². The normalized spacial score (nSPS) is 30.9. The Morgan fingerprint density at radius 3 is 2.63 bits per heavy atom. The minimum absolute atomic E-state index is 0.105. The zero-order valence-electron chi connectivity index (χ0n) is 12.1. The summed E-state index contributed by atoms with van der Waals surface area (Å²) in [6.45, 7) is 7.14. The second-order valence-corrected chi connectivity index (χ2v) is 5.71. The van der Waals surface area contributed by atoms with Gasteiger partial charge in [0.25, 0.3) is 0 Å². The molecule has 0 saturated heterocycles. The second-order valence-electron chi connectivity index (χ2n) is 5.71. The molecule has 106 valence electrons. The topological polar surface area (TPSA) is 44.5 Å². The van der Waals surface area contributed by atoms with Crippen LogP contribution in [-0.4, -0.2) is 18.8 Å². The van der Waals surface area contributed by atoms with Crippen LogP contribution in [0.4, 0.5) is 0 Å². The van der Waals surface area contributed by atoms with Gasteiger partial charge in [-0.05, 0) is 43.7 Å². The van der Waals surface area contributed by atoms with E-state index in [4.69, 9.17) is 15.2 Å². The van der Waals surface area contributed by atoms with Crippen LogP contribution in [0.3, 0.4) is 0 Å². The van der Waals surface area contributed by atoms with Crippen molar-refractivity contribution in [2.24, 2.45) is 17.6 Å². The number of nitrogens with two attached hydrogens (primary N) is 1. The Bertz CT molecular complexity index is 395. The Kier molecular flexibility index (Phi) is 4.70. The van der Waals surface area contributed by atoms with E-state index in [0.29, 0.717) is 18.4 Å². The van der Waals surface area contributed by atoms with Crippen molar-refractivity contribution in [1.29, 1.82) is 0 Å². The lowest BCUT2D eigenvalue weighted by Gasteiger charge is -2.37. The monoisotopic (exact) mass is 263 g/mol. The van der Waals surface area contributed by atoms with E-state index in [2.05, 4.69) is 13.8 Å². The molecule has 0 bridgehead atoms. The molecule has 2 rings (SSSR count). The van der Waals surface area contributed by atoms with Crippen LogP contribution >= 0.6 is 0 Å². The Balaban J connectivity index is 2.05. The van der Waals surface area contributed by atoms with Gasteiger partial charge in [0.05, 0.1) is 6.61 Å². The lowest BCUT2D eigenvalue weighted by molar-refractivity contribution is 0.0624. The van der Waals surface area contributed by atoms with E-state index in [1.165, 1.54) is 6.42 Å². The van der Waals surface area contributed by atoms with E-state index < -0.39 is 0 Å². The minimum Gasteiger partial charge on any atom is -0.494 e. The highest BCUT2D eigenvalue weighted by molar-refractivity contribution is 5.33. The van der Waals surface area contributed by atoms with Crippen LogP contribution < -0.4 is 15.2 Å². The molecule has 0 aliphatic heterocycles. The van der Waals surface area contributed by atoms with Gasteiger partial charge in [-0.25, -0.2) is 0 Å². The van der Waals surface area contributed by atoms with Crippen molar-refractivity contribution in [2.75, 3.05) is 6.61 Å². The van der Waals surface area contributed by atoms with Crippen molar-refractivity contribution in [2.45, 2.75) is 45.8 Å². The first-order chi connectivity index (χ1) is 9.10. The van der Waals surface area contributed by atoms with E-state index in [9.17, 15) is 0 Å². The Hall–Kier alpha value is -1.22. The zero-order chi connectivity index (χ0) is 13.8. The summed E-state index contributed by atoms with van der Waals surface area (Å²) in [5, 5.41) is 0. The summed E-state index contributed by atoms with van der Waals surface area (Å²) in [6, 6.07) is 7.94. The van der Waals surface area contributed by atoms with Crippen LogP contribution in [-0.2, 0) is 0 Å². The summed E-state index contributed by atoms with van der Waals surface area (Å²) in [4.78, 5) is 0. The molecule has 1 saturated carbocycles. The van der Waals surface area contributed by atoms with Gasteiger partial charge in [-0.3, -0.25) is 0 Å². The summed E-state index contributed by atoms with van der Waals surface area (Å²) in [5.41, 5.74) is 6.25. The Labute approximate surface area is 116 Å². The molecule has 19 heavy (non-hydrogen) atoms. The summed E-state index contributed by atoms with van der Waals surface area (Å²) in [7, 11) is 0. The predicted molar refractivity (Wildman–Crippen MR) is 77.6 cm³/mol. The van der Waals surface area contributed by atoms with Gasteiger partial charge in [0.1, 0.15) is 17.6 Å². The molecule has 4 unspecified atom stereocenters. The number of ether oxygens (including phenoxy) is 2. The third kappa shape index (κ3) is 3.63. The lowest BCUT2D eigenvalue weighted by Crippen LogP contribution is -2.48. The van der Waals surface area contributed by atoms with Crippen molar-refractivity contribution >= 4 is 0 Å². The first kappa shape index (κ1) is 14.2. The molecule has 4 atom stereocenters. The van der Waals surface area contributed by atoms with Gasteiger partial charge >= 0.3 is 0 Å². The highest BCUT2D eigenvalue weighted by atomic mass is 16.5. The third-order valence-electron chi connectivity index (χ3n) is 3.82. The summed E-state index contributed by atoms with van der Waals surface area (Å²) in [6.07, 6.45) is 2.33. The van der Waals surface area contributed by atoms with Crippen molar-refractivity contribution in [3.63, 3.8) is 0 Å². The molecule has 1 aromatic carbocycles. The van der Waals surface area contributed by atoms with Crippen LogP contribution in [0, 0.1) is 11.8 Å². The highest BCUT2D eigenvalue weighted by Crippen LogP contribution is 2.32. The van der Waals surface area contributed by atoms with Gasteiger partial charge in [0.2, 0.25) is 0 Å². The molecule has 2 N–H and O–H groups in total.